The normalized spacial score (nSPS) is 12.5. The van der Waals surface area contributed by atoms with Gasteiger partial charge in [0.25, 0.3) is 5.91 Å². The Labute approximate surface area is 176 Å². The molecule has 0 aliphatic rings. The Balaban J connectivity index is 1.94. The van der Waals surface area contributed by atoms with Crippen molar-refractivity contribution >= 4 is 27.1 Å². The van der Waals surface area contributed by atoms with Gasteiger partial charge in [0.2, 0.25) is 0 Å². The number of nitrogens with one attached hydrogen (secondary N) is 1. The fraction of sp³-hybridized carbons (Fsp3) is 0.261. The molecular weight excluding hydrogens is 402 g/mol. The summed E-state index contributed by atoms with van der Waals surface area (Å²) in [5.41, 5.74) is 3.37. The van der Waals surface area contributed by atoms with Crippen LogP contribution < -0.4 is 5.32 Å². The Morgan fingerprint density at radius 3 is 2.41 bits per heavy atom. The molecule has 1 N–H and O–H groups in total. The molecule has 152 valence electrons. The highest BCUT2D eigenvalue weighted by molar-refractivity contribution is 7.90. The Morgan fingerprint density at radius 2 is 1.83 bits per heavy atom. The van der Waals surface area contributed by atoms with E-state index in [1.165, 1.54) is 17.7 Å². The van der Waals surface area contributed by atoms with E-state index in [9.17, 15) is 13.2 Å². The third-order valence-corrected chi connectivity index (χ3v) is 6.88. The zero-order valence-electron chi connectivity index (χ0n) is 16.8. The van der Waals surface area contributed by atoms with E-state index in [2.05, 4.69) is 36.5 Å². The fourth-order valence-corrected chi connectivity index (χ4v) is 4.67. The van der Waals surface area contributed by atoms with Crippen LogP contribution in [0.25, 0.3) is 0 Å². The molecule has 3 rings (SSSR count). The molecule has 6 heteroatoms. The number of carbonyl (C=O) groups is 1. The summed E-state index contributed by atoms with van der Waals surface area (Å²) in [4.78, 5) is 14.3. The fourth-order valence-electron chi connectivity index (χ4n) is 3.22. The Morgan fingerprint density at radius 1 is 1.10 bits per heavy atom. The van der Waals surface area contributed by atoms with Crippen molar-refractivity contribution in [3.63, 3.8) is 0 Å². The first-order valence-electron chi connectivity index (χ1n) is 9.53. The van der Waals surface area contributed by atoms with Gasteiger partial charge in [0.05, 0.1) is 10.9 Å². The first-order chi connectivity index (χ1) is 13.8. The number of carbonyl (C=O) groups excluding carboxylic acids is 1. The summed E-state index contributed by atoms with van der Waals surface area (Å²) in [6.45, 7) is 3.95. The van der Waals surface area contributed by atoms with Gasteiger partial charge >= 0.3 is 0 Å². The van der Waals surface area contributed by atoms with Crippen molar-refractivity contribution in [2.75, 3.05) is 6.26 Å². The third-order valence-electron chi connectivity index (χ3n) is 4.84. The van der Waals surface area contributed by atoms with Crippen LogP contribution in [0.4, 0.5) is 0 Å². The molecule has 0 radical (unpaired) electrons. The minimum absolute atomic E-state index is 0.143. The zero-order valence-corrected chi connectivity index (χ0v) is 18.4. The SMILES string of the molecule is CCCc1ccc(C(NC(=O)c2cc(S(C)(=O)=O)ccc2C)c2cccs2)cc1. The molecule has 2 aromatic carbocycles. The molecule has 1 unspecified atom stereocenters. The number of thiophene rings is 1. The first kappa shape index (κ1) is 21.3. The van der Waals surface area contributed by atoms with Crippen molar-refractivity contribution in [1.82, 2.24) is 5.32 Å². The number of aryl methyl sites for hydroxylation is 2. The van der Waals surface area contributed by atoms with E-state index in [4.69, 9.17) is 0 Å². The van der Waals surface area contributed by atoms with E-state index in [0.29, 0.717) is 5.56 Å². The lowest BCUT2D eigenvalue weighted by molar-refractivity contribution is 0.0942. The van der Waals surface area contributed by atoms with Gasteiger partial charge in [-0.05, 0) is 53.6 Å². The molecule has 1 atom stereocenters. The van der Waals surface area contributed by atoms with Gasteiger partial charge in [0, 0.05) is 16.7 Å². The van der Waals surface area contributed by atoms with E-state index < -0.39 is 9.84 Å². The van der Waals surface area contributed by atoms with Crippen LogP contribution in [0.3, 0.4) is 0 Å². The van der Waals surface area contributed by atoms with Crippen LogP contribution in [0, 0.1) is 6.92 Å². The molecule has 0 fully saturated rings. The quantitative estimate of drug-likeness (QED) is 0.581. The maximum atomic E-state index is 13.1. The molecule has 0 saturated carbocycles. The highest BCUT2D eigenvalue weighted by atomic mass is 32.2. The summed E-state index contributed by atoms with van der Waals surface area (Å²) < 4.78 is 23.8. The molecule has 29 heavy (non-hydrogen) atoms. The number of rotatable bonds is 7. The molecule has 0 aliphatic heterocycles. The van der Waals surface area contributed by atoms with Crippen molar-refractivity contribution in [3.8, 4) is 0 Å². The van der Waals surface area contributed by atoms with Gasteiger partial charge in [-0.25, -0.2) is 8.42 Å². The van der Waals surface area contributed by atoms with E-state index in [1.807, 2.05) is 17.5 Å². The summed E-state index contributed by atoms with van der Waals surface area (Å²) in [6.07, 6.45) is 3.25. The van der Waals surface area contributed by atoms with Crippen molar-refractivity contribution in [1.29, 1.82) is 0 Å². The number of sulfone groups is 1. The molecule has 0 spiro atoms. The maximum absolute atomic E-state index is 13.1. The van der Waals surface area contributed by atoms with Crippen LogP contribution >= 0.6 is 11.3 Å². The summed E-state index contributed by atoms with van der Waals surface area (Å²) in [5, 5.41) is 5.08. The van der Waals surface area contributed by atoms with Gasteiger partial charge in [0.15, 0.2) is 9.84 Å². The highest BCUT2D eigenvalue weighted by Crippen LogP contribution is 2.27. The Hall–Kier alpha value is -2.44. The minimum atomic E-state index is -3.39. The van der Waals surface area contributed by atoms with Gasteiger partial charge < -0.3 is 5.32 Å². The Bertz CT molecular complexity index is 1090. The molecule has 0 bridgehead atoms. The number of benzene rings is 2. The number of hydrogen-bond donors (Lipinski definition) is 1. The van der Waals surface area contributed by atoms with Gasteiger partial charge in [-0.15, -0.1) is 11.3 Å². The molecule has 3 aromatic rings. The monoisotopic (exact) mass is 427 g/mol. The van der Waals surface area contributed by atoms with E-state index >= 15 is 0 Å². The molecule has 4 nitrogen and oxygen atoms in total. The second kappa shape index (κ2) is 8.93. The van der Waals surface area contributed by atoms with Crippen LogP contribution in [-0.4, -0.2) is 20.6 Å². The molecule has 1 amide bonds. The smallest absolute Gasteiger partial charge is 0.252 e. The molecule has 1 aromatic heterocycles. The molecule has 0 aliphatic carbocycles. The van der Waals surface area contributed by atoms with Crippen LogP contribution in [0.5, 0.6) is 0 Å². The topological polar surface area (TPSA) is 63.2 Å². The lowest BCUT2D eigenvalue weighted by Gasteiger charge is -2.19. The van der Waals surface area contributed by atoms with Crippen LogP contribution in [0.1, 0.15) is 51.3 Å². The lowest BCUT2D eigenvalue weighted by Crippen LogP contribution is -2.29. The summed E-state index contributed by atoms with van der Waals surface area (Å²) in [5.74, 6) is -0.288. The van der Waals surface area contributed by atoms with Crippen molar-refractivity contribution in [2.45, 2.75) is 37.6 Å². The average molecular weight is 428 g/mol. The largest absolute Gasteiger partial charge is 0.340 e. The van der Waals surface area contributed by atoms with Gasteiger partial charge in [-0.3, -0.25) is 4.79 Å². The predicted molar refractivity (Wildman–Crippen MR) is 118 cm³/mol. The average Bonchev–Trinajstić information content (AvgIpc) is 3.21. The summed E-state index contributed by atoms with van der Waals surface area (Å²) in [7, 11) is -3.39. The zero-order chi connectivity index (χ0) is 21.0. The minimum Gasteiger partial charge on any atom is -0.340 e. The van der Waals surface area contributed by atoms with Gasteiger partial charge in [-0.2, -0.15) is 0 Å². The third kappa shape index (κ3) is 5.14. The van der Waals surface area contributed by atoms with E-state index in [0.717, 1.165) is 35.1 Å². The van der Waals surface area contributed by atoms with Crippen molar-refractivity contribution in [2.24, 2.45) is 0 Å². The first-order valence-corrected chi connectivity index (χ1v) is 12.3. The molecular formula is C23H25NO3S2. The Kier molecular flexibility index (Phi) is 6.55. The second-order valence-electron chi connectivity index (χ2n) is 7.16. The van der Waals surface area contributed by atoms with Crippen LogP contribution in [0.15, 0.2) is 64.9 Å². The van der Waals surface area contributed by atoms with Crippen LogP contribution in [-0.2, 0) is 16.3 Å². The second-order valence-corrected chi connectivity index (χ2v) is 10.2. The summed E-state index contributed by atoms with van der Waals surface area (Å²) in [6, 6.07) is 16.6. The van der Waals surface area contributed by atoms with Gasteiger partial charge in [-0.1, -0.05) is 49.7 Å². The maximum Gasteiger partial charge on any atom is 0.252 e. The highest BCUT2D eigenvalue weighted by Gasteiger charge is 2.21. The number of amides is 1. The number of hydrogen-bond acceptors (Lipinski definition) is 4. The lowest BCUT2D eigenvalue weighted by atomic mass is 10.0. The molecule has 1 heterocycles. The van der Waals surface area contributed by atoms with Crippen molar-refractivity contribution in [3.05, 3.63) is 87.1 Å². The van der Waals surface area contributed by atoms with Crippen LogP contribution in [0.2, 0.25) is 0 Å². The standard InChI is InChI=1S/C23H25NO3S2/c1-4-6-17-9-11-18(12-10-17)22(21-7-5-14-28-21)24-23(25)20-15-19(29(3,26)27)13-8-16(20)2/h5,7-15,22H,4,6H2,1-3H3,(H,24,25). The summed E-state index contributed by atoms with van der Waals surface area (Å²) >= 11 is 1.58. The predicted octanol–water partition coefficient (Wildman–Crippen LogP) is 4.93. The van der Waals surface area contributed by atoms with E-state index in [1.54, 1.807) is 24.3 Å². The van der Waals surface area contributed by atoms with Crippen molar-refractivity contribution < 1.29 is 13.2 Å². The van der Waals surface area contributed by atoms with Gasteiger partial charge in [0.1, 0.15) is 0 Å². The van der Waals surface area contributed by atoms with E-state index in [-0.39, 0.29) is 16.8 Å². The molecule has 0 saturated heterocycles.